The predicted octanol–water partition coefficient (Wildman–Crippen LogP) is 2.87. The molecule has 0 saturated heterocycles. The highest BCUT2D eigenvalue weighted by Crippen LogP contribution is 2.39. The molecule has 1 aliphatic rings. The van der Waals surface area contributed by atoms with Gasteiger partial charge in [-0.3, -0.25) is 4.79 Å². The number of ketones is 1. The fourth-order valence-electron chi connectivity index (χ4n) is 2.20. The number of methoxy groups -OCH3 is 2. The van der Waals surface area contributed by atoms with Gasteiger partial charge in [-0.15, -0.1) is 0 Å². The molecule has 96 valence electrons. The number of hydrogen-bond donors (Lipinski definition) is 0. The lowest BCUT2D eigenvalue weighted by Gasteiger charge is -2.25. The van der Waals surface area contributed by atoms with Gasteiger partial charge >= 0.3 is 0 Å². The Morgan fingerprint density at radius 3 is 2.65 bits per heavy atom. The first-order valence-corrected chi connectivity index (χ1v) is 5.90. The second-order valence-electron chi connectivity index (χ2n) is 5.03. The summed E-state index contributed by atoms with van der Waals surface area (Å²) in [5, 5.41) is 0. The van der Waals surface area contributed by atoms with Gasteiger partial charge in [0.05, 0.1) is 13.2 Å². The number of ether oxygens (including phenoxy) is 2. The van der Waals surface area contributed by atoms with Crippen LogP contribution in [0.4, 0.5) is 0 Å². The highest BCUT2D eigenvalue weighted by Gasteiger charge is 2.38. The molecule has 0 N–H and O–H groups in total. The van der Waals surface area contributed by atoms with Crippen LogP contribution in [0, 0.1) is 5.41 Å². The van der Waals surface area contributed by atoms with E-state index in [4.69, 9.17) is 9.47 Å². The summed E-state index contributed by atoms with van der Waals surface area (Å²) in [6.07, 6.45) is 3.95. The van der Waals surface area contributed by atoms with Gasteiger partial charge in [-0.05, 0) is 19.8 Å². The Bertz CT molecular complexity index is 343. The van der Waals surface area contributed by atoms with Crippen molar-refractivity contribution in [3.63, 3.8) is 0 Å². The quantitative estimate of drug-likeness (QED) is 0.667. The summed E-state index contributed by atoms with van der Waals surface area (Å²) in [5.41, 5.74) is 0.666. The third-order valence-corrected chi connectivity index (χ3v) is 3.51. The molecule has 0 aliphatic heterocycles. The van der Waals surface area contributed by atoms with Gasteiger partial charge in [0, 0.05) is 25.0 Å². The lowest BCUT2D eigenvalue weighted by molar-refractivity contribution is -0.122. The minimum atomic E-state index is -0.336. The molecule has 0 aromatic carbocycles. The second kappa shape index (κ2) is 5.50. The molecule has 0 saturated carbocycles. The van der Waals surface area contributed by atoms with Crippen LogP contribution in [0.3, 0.4) is 0 Å². The largest absolute Gasteiger partial charge is 0.501 e. The molecule has 1 aliphatic carbocycles. The summed E-state index contributed by atoms with van der Waals surface area (Å²) in [6, 6.07) is 0. The van der Waals surface area contributed by atoms with Gasteiger partial charge in [0.25, 0.3) is 0 Å². The lowest BCUT2D eigenvalue weighted by atomic mass is 9.80. The zero-order valence-corrected chi connectivity index (χ0v) is 11.2. The Balaban J connectivity index is 2.58. The van der Waals surface area contributed by atoms with Crippen molar-refractivity contribution in [2.45, 2.75) is 39.2 Å². The van der Waals surface area contributed by atoms with E-state index in [9.17, 15) is 4.79 Å². The van der Waals surface area contributed by atoms with Gasteiger partial charge in [0.2, 0.25) is 0 Å². The summed E-state index contributed by atoms with van der Waals surface area (Å²) in [7, 11) is 3.29. The van der Waals surface area contributed by atoms with E-state index < -0.39 is 0 Å². The van der Waals surface area contributed by atoms with Crippen LogP contribution in [0.2, 0.25) is 0 Å². The van der Waals surface area contributed by atoms with Crippen LogP contribution in [0.1, 0.15) is 33.1 Å². The Morgan fingerprint density at radius 1 is 1.59 bits per heavy atom. The van der Waals surface area contributed by atoms with E-state index in [0.29, 0.717) is 6.42 Å². The molecule has 0 amide bonds. The summed E-state index contributed by atoms with van der Waals surface area (Å²) < 4.78 is 10.5. The van der Waals surface area contributed by atoms with Crippen LogP contribution in [-0.2, 0) is 14.3 Å². The zero-order valence-electron chi connectivity index (χ0n) is 11.2. The standard InChI is InChI=1S/C14H22O3/c1-10(2)12(17-5)6-7-14(3)9-11(16-4)8-13(14)15/h8,12H,1,6-7,9H2,2-5H3/t12-,14-/m0/s1. The highest BCUT2D eigenvalue weighted by atomic mass is 16.5. The maximum absolute atomic E-state index is 11.9. The van der Waals surface area contributed by atoms with Crippen molar-refractivity contribution in [1.82, 2.24) is 0 Å². The summed E-state index contributed by atoms with van der Waals surface area (Å²) in [5.74, 6) is 0.938. The minimum absolute atomic E-state index is 0.0335. The van der Waals surface area contributed by atoms with Crippen molar-refractivity contribution in [2.75, 3.05) is 14.2 Å². The topological polar surface area (TPSA) is 35.5 Å². The van der Waals surface area contributed by atoms with Crippen LogP contribution in [-0.4, -0.2) is 26.1 Å². The molecule has 3 nitrogen and oxygen atoms in total. The molecule has 17 heavy (non-hydrogen) atoms. The van der Waals surface area contributed by atoms with Gasteiger partial charge in [0.15, 0.2) is 5.78 Å². The fraction of sp³-hybridized carbons (Fsp3) is 0.643. The van der Waals surface area contributed by atoms with E-state index in [1.54, 1.807) is 20.3 Å². The number of allylic oxidation sites excluding steroid dienone is 2. The first kappa shape index (κ1) is 14.0. The molecule has 2 atom stereocenters. The Kier molecular flexibility index (Phi) is 4.52. The molecule has 1 rings (SSSR count). The highest BCUT2D eigenvalue weighted by molar-refractivity contribution is 5.97. The molecular formula is C14H22O3. The van der Waals surface area contributed by atoms with Gasteiger partial charge in [-0.2, -0.15) is 0 Å². The van der Waals surface area contributed by atoms with Crippen molar-refractivity contribution < 1.29 is 14.3 Å². The third-order valence-electron chi connectivity index (χ3n) is 3.51. The maximum Gasteiger partial charge on any atom is 0.165 e. The molecule has 0 heterocycles. The molecule has 0 aromatic heterocycles. The van der Waals surface area contributed by atoms with Crippen LogP contribution in [0.25, 0.3) is 0 Å². The van der Waals surface area contributed by atoms with Gasteiger partial charge in [-0.1, -0.05) is 19.1 Å². The van der Waals surface area contributed by atoms with E-state index >= 15 is 0 Å². The Labute approximate surface area is 103 Å². The minimum Gasteiger partial charge on any atom is -0.501 e. The third kappa shape index (κ3) is 3.19. The van der Waals surface area contributed by atoms with Crippen LogP contribution in [0.15, 0.2) is 24.0 Å². The van der Waals surface area contributed by atoms with Gasteiger partial charge in [0.1, 0.15) is 5.76 Å². The predicted molar refractivity (Wildman–Crippen MR) is 67.7 cm³/mol. The number of hydrogen-bond acceptors (Lipinski definition) is 3. The Morgan fingerprint density at radius 2 is 2.24 bits per heavy atom. The van der Waals surface area contributed by atoms with Crippen LogP contribution >= 0.6 is 0 Å². The van der Waals surface area contributed by atoms with Crippen molar-refractivity contribution in [3.8, 4) is 0 Å². The monoisotopic (exact) mass is 238 g/mol. The molecule has 0 aromatic rings. The summed E-state index contributed by atoms with van der Waals surface area (Å²) >= 11 is 0. The van der Waals surface area contributed by atoms with Crippen molar-refractivity contribution >= 4 is 5.78 Å². The molecule has 0 radical (unpaired) electrons. The number of rotatable bonds is 6. The SMILES string of the molecule is C=C(C)[C@H](CC[C@@]1(C)CC(OC)=CC1=O)OC. The summed E-state index contributed by atoms with van der Waals surface area (Å²) in [6.45, 7) is 7.84. The van der Waals surface area contributed by atoms with Crippen molar-refractivity contribution in [1.29, 1.82) is 0 Å². The van der Waals surface area contributed by atoms with E-state index in [0.717, 1.165) is 24.2 Å². The molecule has 0 spiro atoms. The lowest BCUT2D eigenvalue weighted by Crippen LogP contribution is -2.25. The summed E-state index contributed by atoms with van der Waals surface area (Å²) in [4.78, 5) is 11.9. The molecular weight excluding hydrogens is 216 g/mol. The normalized spacial score (nSPS) is 25.6. The first-order chi connectivity index (χ1) is 7.92. The van der Waals surface area contributed by atoms with E-state index in [1.807, 2.05) is 13.8 Å². The number of carbonyl (C=O) groups is 1. The average Bonchev–Trinajstić information content (AvgIpc) is 2.55. The van der Waals surface area contributed by atoms with Crippen LogP contribution in [0.5, 0.6) is 0 Å². The van der Waals surface area contributed by atoms with Gasteiger partial charge in [-0.25, -0.2) is 0 Å². The molecule has 0 fully saturated rings. The van der Waals surface area contributed by atoms with Crippen molar-refractivity contribution in [2.24, 2.45) is 5.41 Å². The van der Waals surface area contributed by atoms with E-state index in [-0.39, 0.29) is 17.3 Å². The number of carbonyl (C=O) groups excluding carboxylic acids is 1. The van der Waals surface area contributed by atoms with E-state index in [1.165, 1.54) is 0 Å². The average molecular weight is 238 g/mol. The van der Waals surface area contributed by atoms with E-state index in [2.05, 4.69) is 6.58 Å². The van der Waals surface area contributed by atoms with Gasteiger partial charge < -0.3 is 9.47 Å². The molecule has 0 bridgehead atoms. The fourth-order valence-corrected chi connectivity index (χ4v) is 2.20. The maximum atomic E-state index is 11.9. The molecule has 3 heteroatoms. The Hall–Kier alpha value is -1.09. The van der Waals surface area contributed by atoms with Crippen molar-refractivity contribution in [3.05, 3.63) is 24.0 Å². The van der Waals surface area contributed by atoms with Crippen LogP contribution < -0.4 is 0 Å². The smallest absolute Gasteiger partial charge is 0.165 e. The first-order valence-electron chi connectivity index (χ1n) is 5.90. The zero-order chi connectivity index (χ0) is 13.1. The second-order valence-corrected chi connectivity index (χ2v) is 5.03. The molecule has 0 unspecified atom stereocenters.